The second-order valence-corrected chi connectivity index (χ2v) is 18.1. The van der Waals surface area contributed by atoms with E-state index >= 15 is 0 Å². The molecule has 2 unspecified atom stereocenters. The molecule has 0 aromatic heterocycles. The SMILES string of the molecule is CCCCC/C=C/C/C=C/C/C=C/C/C=C/C/C=C/CCCCC(=O)OC(COCCC(C(=O)O)[N+](C)(C)C)COC(=O)CCCCCCC/C=C/C/C=C/C/C=C/C/C=C/CCCCC. The zero-order valence-electron chi connectivity index (χ0n) is 42.6. The van der Waals surface area contributed by atoms with Crippen LogP contribution in [0.15, 0.2) is 109 Å². The van der Waals surface area contributed by atoms with E-state index in [4.69, 9.17) is 14.2 Å². The summed E-state index contributed by atoms with van der Waals surface area (Å²) in [7, 11) is 5.50. The molecule has 2 atom stereocenters. The van der Waals surface area contributed by atoms with E-state index in [2.05, 4.69) is 123 Å². The van der Waals surface area contributed by atoms with Crippen molar-refractivity contribution in [1.82, 2.24) is 0 Å². The molecule has 0 aliphatic rings. The lowest BCUT2D eigenvalue weighted by Gasteiger charge is -2.31. The summed E-state index contributed by atoms with van der Waals surface area (Å²) in [6.07, 6.45) is 65.6. The number of esters is 2. The molecular formula is C58H96NO7+. The summed E-state index contributed by atoms with van der Waals surface area (Å²) in [4.78, 5) is 37.2. The molecule has 0 radical (unpaired) electrons. The van der Waals surface area contributed by atoms with Gasteiger partial charge in [-0.05, 0) is 109 Å². The highest BCUT2D eigenvalue weighted by Crippen LogP contribution is 2.12. The Hall–Kier alpha value is -4.01. The molecule has 8 nitrogen and oxygen atoms in total. The highest BCUT2D eigenvalue weighted by Gasteiger charge is 2.31. The maximum absolute atomic E-state index is 12.8. The molecule has 1 N–H and O–H groups in total. The Morgan fingerprint density at radius 1 is 0.455 bits per heavy atom. The standard InChI is InChI=1S/C58H95NO7/c1-6-8-10-12-14-16-18-20-22-24-26-28-30-32-34-36-38-40-42-44-46-48-56(60)65-53-54(52-64-51-50-55(58(62)63)59(3,4)5)66-57(61)49-47-45-43-41-39-37-35-33-31-29-27-25-23-21-19-17-15-13-11-9-7-2/h14-17,20-23,26-29,32-35,39,41,54-55H,6-13,18-19,24-25,30-31,36-38,40,42-53H2,1-5H3/p+1/b16-14+,17-15+,22-20+,23-21+,28-26+,29-27+,34-32+,35-33+,41-39+. The number of carbonyl (C=O) groups is 3. The minimum atomic E-state index is -0.889. The minimum Gasteiger partial charge on any atom is -0.477 e. The Balaban J connectivity index is 4.41. The van der Waals surface area contributed by atoms with E-state index in [9.17, 15) is 19.5 Å². The Kier molecular flexibility index (Phi) is 44.6. The van der Waals surface area contributed by atoms with Crippen LogP contribution in [0.4, 0.5) is 0 Å². The fraction of sp³-hybridized carbons (Fsp3) is 0.638. The van der Waals surface area contributed by atoms with Crippen molar-refractivity contribution < 1.29 is 38.2 Å². The summed E-state index contributed by atoms with van der Waals surface area (Å²) in [6.45, 7) is 4.60. The number of hydrogen-bond acceptors (Lipinski definition) is 6. The number of likely N-dealkylation sites (N-methyl/N-ethyl adjacent to an activating group) is 1. The highest BCUT2D eigenvalue weighted by molar-refractivity contribution is 5.72. The van der Waals surface area contributed by atoms with Crippen molar-refractivity contribution in [3.63, 3.8) is 0 Å². The summed E-state index contributed by atoms with van der Waals surface area (Å²) in [5, 5.41) is 9.66. The van der Waals surface area contributed by atoms with E-state index in [1.54, 1.807) is 0 Å². The first kappa shape index (κ1) is 62.0. The van der Waals surface area contributed by atoms with Crippen LogP contribution in [0.25, 0.3) is 0 Å². The van der Waals surface area contributed by atoms with E-state index in [0.29, 0.717) is 19.3 Å². The summed E-state index contributed by atoms with van der Waals surface area (Å²) >= 11 is 0. The lowest BCUT2D eigenvalue weighted by molar-refractivity contribution is -0.887. The third-order valence-electron chi connectivity index (χ3n) is 10.9. The minimum absolute atomic E-state index is 0.0299. The molecule has 0 amide bonds. The third kappa shape index (κ3) is 45.2. The van der Waals surface area contributed by atoms with Crippen molar-refractivity contribution in [2.75, 3.05) is 41.0 Å². The first-order valence-electron chi connectivity index (χ1n) is 25.9. The van der Waals surface area contributed by atoms with Crippen molar-refractivity contribution >= 4 is 17.9 Å². The molecule has 0 aromatic carbocycles. The summed E-state index contributed by atoms with van der Waals surface area (Å²) in [5.41, 5.74) is 0. The molecule has 0 saturated carbocycles. The molecule has 8 heteroatoms. The van der Waals surface area contributed by atoms with E-state index in [0.717, 1.165) is 96.3 Å². The van der Waals surface area contributed by atoms with Gasteiger partial charge in [-0.2, -0.15) is 0 Å². The summed E-state index contributed by atoms with van der Waals surface area (Å²) in [5.74, 6) is -1.56. The number of unbranched alkanes of at least 4 members (excludes halogenated alkanes) is 13. The maximum atomic E-state index is 12.8. The van der Waals surface area contributed by atoms with Crippen molar-refractivity contribution in [2.45, 2.75) is 199 Å². The van der Waals surface area contributed by atoms with Gasteiger partial charge >= 0.3 is 17.9 Å². The monoisotopic (exact) mass is 919 g/mol. The van der Waals surface area contributed by atoms with Crippen LogP contribution in [0.5, 0.6) is 0 Å². The van der Waals surface area contributed by atoms with Crippen molar-refractivity contribution in [3.05, 3.63) is 109 Å². The van der Waals surface area contributed by atoms with Crippen LogP contribution in [-0.2, 0) is 28.6 Å². The fourth-order valence-electron chi connectivity index (χ4n) is 6.86. The largest absolute Gasteiger partial charge is 0.477 e. The molecule has 0 fully saturated rings. The molecule has 0 heterocycles. The van der Waals surface area contributed by atoms with Crippen LogP contribution in [0, 0.1) is 0 Å². The van der Waals surface area contributed by atoms with Gasteiger partial charge in [0.1, 0.15) is 6.61 Å². The Bertz CT molecular complexity index is 1440. The first-order chi connectivity index (χ1) is 32.1. The second kappa shape index (κ2) is 47.5. The summed E-state index contributed by atoms with van der Waals surface area (Å²) in [6, 6.07) is -0.634. The number of carboxylic acid groups (broad SMARTS) is 1. The van der Waals surface area contributed by atoms with Gasteiger partial charge in [-0.3, -0.25) is 9.59 Å². The number of quaternary nitrogens is 1. The molecule has 66 heavy (non-hydrogen) atoms. The molecular weight excluding hydrogens is 823 g/mol. The van der Waals surface area contributed by atoms with Crippen LogP contribution >= 0.6 is 0 Å². The molecule has 0 aromatic rings. The van der Waals surface area contributed by atoms with Gasteiger partial charge in [0.05, 0.1) is 34.4 Å². The lowest BCUT2D eigenvalue weighted by atomic mass is 10.1. The number of nitrogens with zero attached hydrogens (tertiary/aromatic N) is 1. The number of hydrogen-bond donors (Lipinski definition) is 1. The van der Waals surface area contributed by atoms with Gasteiger partial charge in [0.2, 0.25) is 0 Å². The van der Waals surface area contributed by atoms with Gasteiger partial charge < -0.3 is 23.8 Å². The van der Waals surface area contributed by atoms with Gasteiger partial charge in [0.15, 0.2) is 12.1 Å². The number of allylic oxidation sites excluding steroid dienone is 18. The smallest absolute Gasteiger partial charge is 0.362 e. The predicted molar refractivity (Wildman–Crippen MR) is 279 cm³/mol. The maximum Gasteiger partial charge on any atom is 0.362 e. The van der Waals surface area contributed by atoms with E-state index in [-0.39, 0.29) is 42.7 Å². The topological polar surface area (TPSA) is 99.1 Å². The van der Waals surface area contributed by atoms with Crippen LogP contribution < -0.4 is 0 Å². The lowest BCUT2D eigenvalue weighted by Crippen LogP contribution is -2.50. The molecule has 0 spiro atoms. The van der Waals surface area contributed by atoms with Crippen molar-refractivity contribution in [2.24, 2.45) is 0 Å². The summed E-state index contributed by atoms with van der Waals surface area (Å²) < 4.78 is 17.3. The quantitative estimate of drug-likeness (QED) is 0.0281. The second-order valence-electron chi connectivity index (χ2n) is 18.1. The Morgan fingerprint density at radius 3 is 1.21 bits per heavy atom. The van der Waals surface area contributed by atoms with E-state index in [1.807, 2.05) is 21.1 Å². The van der Waals surface area contributed by atoms with Crippen molar-refractivity contribution in [3.8, 4) is 0 Å². The molecule has 0 rings (SSSR count). The molecule has 0 aliphatic carbocycles. The number of carboxylic acids is 1. The van der Waals surface area contributed by atoms with Crippen LogP contribution in [-0.4, -0.2) is 80.6 Å². The average molecular weight is 919 g/mol. The van der Waals surface area contributed by atoms with Crippen LogP contribution in [0.2, 0.25) is 0 Å². The normalized spacial score (nSPS) is 13.8. The van der Waals surface area contributed by atoms with Crippen molar-refractivity contribution in [1.29, 1.82) is 0 Å². The first-order valence-corrected chi connectivity index (χ1v) is 25.9. The average Bonchev–Trinajstić information content (AvgIpc) is 3.28. The Labute approximate surface area is 404 Å². The highest BCUT2D eigenvalue weighted by atomic mass is 16.6. The van der Waals surface area contributed by atoms with Gasteiger partial charge in [0, 0.05) is 19.3 Å². The van der Waals surface area contributed by atoms with Gasteiger partial charge in [-0.1, -0.05) is 168 Å². The van der Waals surface area contributed by atoms with Gasteiger partial charge in [0.25, 0.3) is 0 Å². The zero-order valence-corrected chi connectivity index (χ0v) is 42.6. The van der Waals surface area contributed by atoms with Gasteiger partial charge in [-0.25, -0.2) is 4.79 Å². The predicted octanol–water partition coefficient (Wildman–Crippen LogP) is 15.2. The van der Waals surface area contributed by atoms with Crippen LogP contribution in [0.3, 0.4) is 0 Å². The van der Waals surface area contributed by atoms with E-state index in [1.165, 1.54) is 51.4 Å². The molecule has 0 saturated heterocycles. The zero-order chi connectivity index (χ0) is 48.4. The Morgan fingerprint density at radius 2 is 0.803 bits per heavy atom. The number of aliphatic carboxylic acids is 1. The van der Waals surface area contributed by atoms with E-state index < -0.39 is 18.1 Å². The molecule has 0 aliphatic heterocycles. The van der Waals surface area contributed by atoms with Crippen LogP contribution in [0.1, 0.15) is 187 Å². The van der Waals surface area contributed by atoms with Gasteiger partial charge in [-0.15, -0.1) is 0 Å². The number of rotatable bonds is 45. The fourth-order valence-corrected chi connectivity index (χ4v) is 6.86. The molecule has 374 valence electrons. The molecule has 0 bridgehead atoms. The third-order valence-corrected chi connectivity index (χ3v) is 10.9. The number of ether oxygens (including phenoxy) is 3. The number of carbonyl (C=O) groups excluding carboxylic acids is 2.